The van der Waals surface area contributed by atoms with Crippen LogP contribution < -0.4 is 10.0 Å². The summed E-state index contributed by atoms with van der Waals surface area (Å²) in [6.45, 7) is 1.26. The molecule has 0 saturated carbocycles. The number of amides is 1. The zero-order valence-electron chi connectivity index (χ0n) is 13.5. The van der Waals surface area contributed by atoms with Crippen molar-refractivity contribution >= 4 is 21.9 Å². The Hall–Kier alpha value is -1.93. The Balaban J connectivity index is 1.92. The number of nitrogens with one attached hydrogen (secondary N) is 2. The van der Waals surface area contributed by atoms with Crippen LogP contribution in [0.5, 0.6) is 0 Å². The number of carboxylic acids is 1. The molecule has 1 aromatic rings. The van der Waals surface area contributed by atoms with Crippen LogP contribution in [0.2, 0.25) is 0 Å². The van der Waals surface area contributed by atoms with Crippen molar-refractivity contribution < 1.29 is 23.1 Å². The monoisotopic (exact) mass is 354 g/mol. The lowest BCUT2D eigenvalue weighted by Gasteiger charge is -2.16. The molecule has 0 fully saturated rings. The van der Waals surface area contributed by atoms with Gasteiger partial charge >= 0.3 is 5.97 Å². The Kier molecular flexibility index (Phi) is 5.95. The van der Waals surface area contributed by atoms with Crippen LogP contribution in [0.4, 0.5) is 0 Å². The average Bonchev–Trinajstić information content (AvgIpc) is 2.54. The molecule has 1 atom stereocenters. The molecular formula is C16H22N2O5S. The van der Waals surface area contributed by atoms with E-state index < -0.39 is 27.9 Å². The predicted octanol–water partition coefficient (Wildman–Crippen LogP) is 0.823. The van der Waals surface area contributed by atoms with Crippen molar-refractivity contribution in [2.45, 2.75) is 50.0 Å². The molecule has 1 amide bonds. The van der Waals surface area contributed by atoms with E-state index in [0.29, 0.717) is 0 Å². The third-order valence-corrected chi connectivity index (χ3v) is 5.48. The number of carboxylic acid groups (broad SMARTS) is 1. The van der Waals surface area contributed by atoms with Gasteiger partial charge in [-0.25, -0.2) is 13.1 Å². The van der Waals surface area contributed by atoms with Crippen LogP contribution in [0.1, 0.15) is 37.3 Å². The van der Waals surface area contributed by atoms with Crippen molar-refractivity contribution in [3.8, 4) is 0 Å². The molecule has 1 aliphatic rings. The van der Waals surface area contributed by atoms with Gasteiger partial charge in [0.1, 0.15) is 6.04 Å². The highest BCUT2D eigenvalue weighted by atomic mass is 32.2. The van der Waals surface area contributed by atoms with Crippen molar-refractivity contribution in [3.05, 3.63) is 29.3 Å². The summed E-state index contributed by atoms with van der Waals surface area (Å²) in [6, 6.07) is 4.13. The molecular weight excluding hydrogens is 332 g/mol. The minimum Gasteiger partial charge on any atom is -0.480 e. The minimum atomic E-state index is -3.68. The quantitative estimate of drug-likeness (QED) is 0.671. The molecule has 0 saturated heterocycles. The molecule has 0 unspecified atom stereocenters. The lowest BCUT2D eigenvalue weighted by molar-refractivity contribution is -0.141. The Bertz CT molecular complexity index is 730. The van der Waals surface area contributed by atoms with Gasteiger partial charge in [0.25, 0.3) is 0 Å². The summed E-state index contributed by atoms with van der Waals surface area (Å²) in [5.74, 6) is -1.66. The Morgan fingerprint density at radius 2 is 1.88 bits per heavy atom. The topological polar surface area (TPSA) is 113 Å². The molecule has 7 nitrogen and oxygen atoms in total. The Morgan fingerprint density at radius 1 is 1.21 bits per heavy atom. The number of sulfonamides is 1. The van der Waals surface area contributed by atoms with E-state index in [1.165, 1.54) is 12.5 Å². The summed E-state index contributed by atoms with van der Waals surface area (Å²) in [5, 5.41) is 11.0. The lowest BCUT2D eigenvalue weighted by atomic mass is 9.92. The number of rotatable bonds is 7. The van der Waals surface area contributed by atoms with E-state index in [-0.39, 0.29) is 17.9 Å². The molecule has 24 heavy (non-hydrogen) atoms. The van der Waals surface area contributed by atoms with Crippen LogP contribution in [0.3, 0.4) is 0 Å². The third-order valence-electron chi connectivity index (χ3n) is 4.02. The SMILES string of the molecule is C[C@H](NC(=O)CCNS(=O)(=O)c1ccc2c(c1)CCCC2)C(=O)O. The highest BCUT2D eigenvalue weighted by Gasteiger charge is 2.18. The summed E-state index contributed by atoms with van der Waals surface area (Å²) in [7, 11) is -3.68. The summed E-state index contributed by atoms with van der Waals surface area (Å²) in [5.41, 5.74) is 2.26. The minimum absolute atomic E-state index is 0.0857. The lowest BCUT2D eigenvalue weighted by Crippen LogP contribution is -2.39. The molecule has 0 aliphatic heterocycles. The normalized spacial score (nSPS) is 15.4. The fourth-order valence-electron chi connectivity index (χ4n) is 2.63. The molecule has 132 valence electrons. The number of hydrogen-bond donors (Lipinski definition) is 3. The van der Waals surface area contributed by atoms with Crippen molar-refractivity contribution in [2.75, 3.05) is 6.54 Å². The van der Waals surface area contributed by atoms with E-state index in [4.69, 9.17) is 5.11 Å². The Labute approximate surface area is 141 Å². The number of fused-ring (bicyclic) bond motifs is 1. The summed E-state index contributed by atoms with van der Waals surface area (Å²) in [4.78, 5) is 22.4. The standard InChI is InChI=1S/C16H22N2O5S/c1-11(16(20)21)18-15(19)8-9-17-24(22,23)14-7-6-12-4-2-3-5-13(12)10-14/h6-7,10-11,17H,2-5,8-9H2,1H3,(H,18,19)(H,20,21)/t11-/m0/s1. The maximum absolute atomic E-state index is 12.3. The first-order chi connectivity index (χ1) is 11.3. The van der Waals surface area contributed by atoms with Crippen molar-refractivity contribution in [1.29, 1.82) is 0 Å². The van der Waals surface area contributed by atoms with Crippen LogP contribution in [-0.4, -0.2) is 38.0 Å². The van der Waals surface area contributed by atoms with Crippen molar-refractivity contribution in [2.24, 2.45) is 0 Å². The van der Waals surface area contributed by atoms with E-state index in [2.05, 4.69) is 10.0 Å². The molecule has 2 rings (SSSR count). The van der Waals surface area contributed by atoms with E-state index in [1.54, 1.807) is 12.1 Å². The van der Waals surface area contributed by atoms with Crippen molar-refractivity contribution in [3.63, 3.8) is 0 Å². The van der Waals surface area contributed by atoms with E-state index in [9.17, 15) is 18.0 Å². The highest BCUT2D eigenvalue weighted by Crippen LogP contribution is 2.23. The second kappa shape index (κ2) is 7.76. The van der Waals surface area contributed by atoms with Crippen LogP contribution in [-0.2, 0) is 32.5 Å². The van der Waals surface area contributed by atoms with Gasteiger partial charge in [0.05, 0.1) is 4.90 Å². The molecule has 0 spiro atoms. The third kappa shape index (κ3) is 4.78. The van der Waals surface area contributed by atoms with Gasteiger partial charge in [0.2, 0.25) is 15.9 Å². The molecule has 1 aromatic carbocycles. The molecule has 3 N–H and O–H groups in total. The number of hydrogen-bond acceptors (Lipinski definition) is 4. The van der Waals surface area contributed by atoms with Crippen LogP contribution in [0.15, 0.2) is 23.1 Å². The molecule has 0 aromatic heterocycles. The fraction of sp³-hybridized carbons (Fsp3) is 0.500. The number of aliphatic carboxylic acids is 1. The largest absolute Gasteiger partial charge is 0.480 e. The van der Waals surface area contributed by atoms with Crippen LogP contribution in [0.25, 0.3) is 0 Å². The predicted molar refractivity (Wildman–Crippen MR) is 88.1 cm³/mol. The van der Waals surface area contributed by atoms with E-state index in [0.717, 1.165) is 31.2 Å². The van der Waals surface area contributed by atoms with Crippen LogP contribution in [0, 0.1) is 0 Å². The second-order valence-electron chi connectivity index (χ2n) is 5.91. The van der Waals surface area contributed by atoms with Gasteiger partial charge in [-0.1, -0.05) is 6.07 Å². The van der Waals surface area contributed by atoms with Gasteiger partial charge in [-0.3, -0.25) is 9.59 Å². The van der Waals surface area contributed by atoms with Gasteiger partial charge in [-0.15, -0.1) is 0 Å². The highest BCUT2D eigenvalue weighted by molar-refractivity contribution is 7.89. The van der Waals surface area contributed by atoms with E-state index in [1.807, 2.05) is 6.07 Å². The maximum atomic E-state index is 12.3. The smallest absolute Gasteiger partial charge is 0.325 e. The second-order valence-corrected chi connectivity index (χ2v) is 7.68. The van der Waals surface area contributed by atoms with Gasteiger partial charge in [-0.2, -0.15) is 0 Å². The van der Waals surface area contributed by atoms with Gasteiger partial charge in [-0.05, 0) is 55.9 Å². The molecule has 1 aliphatic carbocycles. The first-order valence-electron chi connectivity index (χ1n) is 7.93. The van der Waals surface area contributed by atoms with Crippen molar-refractivity contribution in [1.82, 2.24) is 10.0 Å². The number of aryl methyl sites for hydroxylation is 2. The van der Waals surface area contributed by atoms with Crippen LogP contribution >= 0.6 is 0 Å². The molecule has 0 heterocycles. The maximum Gasteiger partial charge on any atom is 0.325 e. The van der Waals surface area contributed by atoms with Gasteiger partial charge in [0, 0.05) is 13.0 Å². The molecule has 0 radical (unpaired) electrons. The Morgan fingerprint density at radius 3 is 2.54 bits per heavy atom. The van der Waals surface area contributed by atoms with E-state index >= 15 is 0 Å². The van der Waals surface area contributed by atoms with Gasteiger partial charge < -0.3 is 10.4 Å². The molecule has 0 bridgehead atoms. The first-order valence-corrected chi connectivity index (χ1v) is 9.41. The first kappa shape index (κ1) is 18.4. The summed E-state index contributed by atoms with van der Waals surface area (Å²) in [6.07, 6.45) is 3.92. The zero-order valence-corrected chi connectivity index (χ0v) is 14.4. The summed E-state index contributed by atoms with van der Waals surface area (Å²) < 4.78 is 27.0. The molecule has 8 heteroatoms. The summed E-state index contributed by atoms with van der Waals surface area (Å²) >= 11 is 0. The number of benzene rings is 1. The average molecular weight is 354 g/mol. The van der Waals surface area contributed by atoms with Gasteiger partial charge in [0.15, 0.2) is 0 Å². The number of carbonyl (C=O) groups excluding carboxylic acids is 1. The number of carbonyl (C=O) groups is 2. The zero-order chi connectivity index (χ0) is 17.7. The fourth-order valence-corrected chi connectivity index (χ4v) is 3.72.